The molecule has 0 amide bonds. The number of fused-ring (bicyclic) bond motifs is 1. The minimum atomic E-state index is -3.91. The van der Waals surface area contributed by atoms with E-state index in [1.165, 1.54) is 14.0 Å². The molecule has 242 valence electrons. The van der Waals surface area contributed by atoms with E-state index < -0.39 is 31.7 Å². The zero-order valence-electron chi connectivity index (χ0n) is 24.7. The first-order chi connectivity index (χ1) is 21.5. The van der Waals surface area contributed by atoms with Crippen LogP contribution in [0.3, 0.4) is 0 Å². The van der Waals surface area contributed by atoms with Crippen molar-refractivity contribution in [1.29, 1.82) is 0 Å². The van der Waals surface area contributed by atoms with Gasteiger partial charge in [-0.25, -0.2) is 9.55 Å². The predicted molar refractivity (Wildman–Crippen MR) is 162 cm³/mol. The monoisotopic (exact) mass is 645 g/mol. The molecular weight excluding hydrogens is 609 g/mol. The minimum Gasteiger partial charge on any atom is -0.481 e. The minimum absolute atomic E-state index is 0.0435. The molecule has 1 aromatic carbocycles. The summed E-state index contributed by atoms with van der Waals surface area (Å²) in [5.41, 5.74) is 7.31. The Labute approximate surface area is 258 Å². The molecule has 16 nitrogen and oxygen atoms in total. The summed E-state index contributed by atoms with van der Waals surface area (Å²) in [7, 11) is -2.64. The Morgan fingerprint density at radius 2 is 1.80 bits per heavy atom. The number of imidazole rings is 1. The first kappa shape index (κ1) is 33.4. The largest absolute Gasteiger partial charge is 0.481 e. The van der Waals surface area contributed by atoms with Gasteiger partial charge in [-0.15, -0.1) is 0 Å². The number of aliphatic carboxylic acids is 2. The smallest absolute Gasteiger partial charge is 0.459 e. The van der Waals surface area contributed by atoms with Crippen molar-refractivity contribution in [3.05, 3.63) is 48.8 Å². The molecule has 2 aliphatic rings. The second kappa shape index (κ2) is 15.0. The molecule has 2 aliphatic carbocycles. The molecule has 5 rings (SSSR count). The number of nitrogen functional groups attached to an aromatic ring is 1. The third-order valence-corrected chi connectivity index (χ3v) is 8.39. The molecule has 1 fully saturated rings. The molecular formula is C28H36N7O9P. The van der Waals surface area contributed by atoms with Gasteiger partial charge in [-0.05, 0) is 38.3 Å². The summed E-state index contributed by atoms with van der Waals surface area (Å²) in [6.07, 6.45) is 8.05. The zero-order valence-corrected chi connectivity index (χ0v) is 25.6. The first-order valence-corrected chi connectivity index (χ1v) is 15.7. The van der Waals surface area contributed by atoms with Gasteiger partial charge in [-0.3, -0.25) is 18.9 Å². The number of hydrogen-bond acceptors (Lipinski definition) is 12. The molecule has 0 saturated heterocycles. The zero-order chi connectivity index (χ0) is 32.6. The Kier molecular flexibility index (Phi) is 11.1. The Balaban J connectivity index is 0.000000510. The van der Waals surface area contributed by atoms with E-state index >= 15 is 0 Å². The SMILES string of the molecule is COC(=O)[C@H](C)NP(=O)(OC[C@@H]1C=C[C@H](n2cnc3c(NC4CC4)nc(N)nc32)C1)Oc1ccccc1.O=C(O)CCC(=O)O. The van der Waals surface area contributed by atoms with Gasteiger partial charge in [0.1, 0.15) is 11.8 Å². The maximum absolute atomic E-state index is 13.6. The summed E-state index contributed by atoms with van der Waals surface area (Å²) in [6.45, 7) is 1.64. The van der Waals surface area contributed by atoms with Gasteiger partial charge in [0.2, 0.25) is 5.95 Å². The van der Waals surface area contributed by atoms with Crippen LogP contribution in [0.1, 0.15) is 45.1 Å². The van der Waals surface area contributed by atoms with Crippen molar-refractivity contribution in [3.63, 3.8) is 0 Å². The highest BCUT2D eigenvalue weighted by Gasteiger charge is 2.34. The number of esters is 1. The summed E-state index contributed by atoms with van der Waals surface area (Å²) in [5, 5.41) is 21.8. The van der Waals surface area contributed by atoms with Crippen molar-refractivity contribution < 1.29 is 42.9 Å². The van der Waals surface area contributed by atoms with Crippen LogP contribution in [0.4, 0.5) is 11.8 Å². The number of allylic oxidation sites excluding steroid dienone is 1. The van der Waals surface area contributed by atoms with Gasteiger partial charge in [-0.1, -0.05) is 30.4 Å². The Morgan fingerprint density at radius 1 is 1.11 bits per heavy atom. The van der Waals surface area contributed by atoms with Crippen LogP contribution in [0, 0.1) is 5.92 Å². The van der Waals surface area contributed by atoms with Crippen molar-refractivity contribution in [1.82, 2.24) is 24.6 Å². The molecule has 0 bridgehead atoms. The molecule has 2 aromatic heterocycles. The summed E-state index contributed by atoms with van der Waals surface area (Å²) >= 11 is 0. The lowest BCUT2D eigenvalue weighted by Gasteiger charge is -2.23. The number of hydrogen-bond donors (Lipinski definition) is 5. The van der Waals surface area contributed by atoms with Crippen LogP contribution in [0.15, 0.2) is 48.8 Å². The highest BCUT2D eigenvalue weighted by Crippen LogP contribution is 2.46. The highest BCUT2D eigenvalue weighted by molar-refractivity contribution is 7.52. The summed E-state index contributed by atoms with van der Waals surface area (Å²) in [5.74, 6) is -1.61. The van der Waals surface area contributed by atoms with E-state index in [1.54, 1.807) is 30.6 Å². The van der Waals surface area contributed by atoms with Crippen molar-refractivity contribution in [2.75, 3.05) is 24.8 Å². The number of nitrogens with zero attached hydrogens (tertiary/aromatic N) is 4. The third kappa shape index (κ3) is 9.73. The normalized spacial score (nSPS) is 19.2. The number of rotatable bonds is 14. The van der Waals surface area contributed by atoms with Crippen LogP contribution in [0.25, 0.3) is 11.2 Å². The van der Waals surface area contributed by atoms with Crippen molar-refractivity contribution in [3.8, 4) is 5.75 Å². The third-order valence-electron chi connectivity index (χ3n) is 6.75. The number of carbonyl (C=O) groups is 3. The van der Waals surface area contributed by atoms with E-state index in [0.717, 1.165) is 12.8 Å². The number of para-hydroxylation sites is 1. The second-order valence-electron chi connectivity index (χ2n) is 10.5. The summed E-state index contributed by atoms with van der Waals surface area (Å²) in [4.78, 5) is 44.5. The Hall–Kier alpha value is -4.53. The average Bonchev–Trinajstić information content (AvgIpc) is 3.51. The topological polar surface area (TPSA) is 230 Å². The molecule has 1 saturated carbocycles. The number of anilines is 2. The molecule has 3 aromatic rings. The van der Waals surface area contributed by atoms with Crippen LogP contribution in [-0.2, 0) is 28.2 Å². The average molecular weight is 646 g/mol. The van der Waals surface area contributed by atoms with Gasteiger partial charge >= 0.3 is 25.7 Å². The fourth-order valence-corrected chi connectivity index (χ4v) is 5.91. The first-order valence-electron chi connectivity index (χ1n) is 14.2. The van der Waals surface area contributed by atoms with Crippen LogP contribution in [0.5, 0.6) is 5.75 Å². The van der Waals surface area contributed by atoms with E-state index in [9.17, 15) is 18.9 Å². The molecule has 1 unspecified atom stereocenters. The molecule has 0 aliphatic heterocycles. The van der Waals surface area contributed by atoms with E-state index in [4.69, 9.17) is 29.7 Å². The number of carboxylic acids is 2. The van der Waals surface area contributed by atoms with Gasteiger partial charge in [-0.2, -0.15) is 15.1 Å². The lowest BCUT2D eigenvalue weighted by molar-refractivity contribution is -0.143. The molecule has 45 heavy (non-hydrogen) atoms. The standard InChI is InChI=1S/C24H30N7O5P.C4H6O4/c1-15(23(32)34-2)30-37(33,36-19-6-4-3-5-7-19)35-13-16-8-11-18(12-16)31-14-26-20-21(27-17-9-10-17)28-24(25)29-22(20)31;5-3(6)1-2-4(7)8/h3-8,11,14-18H,9-10,12-13H2,1-2H3,(H,30,33)(H3,25,27,28,29);1-2H2,(H,5,6)(H,7,8)/t15-,16+,18-,37?;/m0./s1. The number of nitrogens with two attached hydrogens (primary N) is 1. The number of ether oxygens (including phenoxy) is 1. The predicted octanol–water partition coefficient (Wildman–Crippen LogP) is 3.39. The Bertz CT molecular complexity index is 1570. The number of carbonyl (C=O) groups excluding carboxylic acids is 1. The van der Waals surface area contributed by atoms with E-state index in [0.29, 0.717) is 35.2 Å². The van der Waals surface area contributed by atoms with Gasteiger partial charge in [0.15, 0.2) is 17.0 Å². The van der Waals surface area contributed by atoms with Crippen molar-refractivity contribution in [2.45, 2.75) is 57.2 Å². The van der Waals surface area contributed by atoms with Crippen LogP contribution >= 0.6 is 7.75 Å². The number of methoxy groups -OCH3 is 1. The van der Waals surface area contributed by atoms with Gasteiger partial charge in [0.25, 0.3) is 0 Å². The fraction of sp³-hybridized carbons (Fsp3) is 0.429. The number of benzene rings is 1. The number of aromatic nitrogens is 4. The quantitative estimate of drug-likeness (QED) is 0.0961. The lowest BCUT2D eigenvalue weighted by atomic mass is 10.1. The van der Waals surface area contributed by atoms with E-state index in [1.807, 2.05) is 22.8 Å². The molecule has 4 atom stereocenters. The molecule has 17 heteroatoms. The molecule has 0 radical (unpaired) electrons. The highest BCUT2D eigenvalue weighted by atomic mass is 31.2. The maximum atomic E-state index is 13.6. The van der Waals surface area contributed by atoms with Crippen LogP contribution < -0.4 is 20.7 Å². The maximum Gasteiger partial charge on any atom is 0.459 e. The van der Waals surface area contributed by atoms with Gasteiger partial charge < -0.3 is 35.1 Å². The lowest BCUT2D eigenvalue weighted by Crippen LogP contribution is -2.34. The molecule has 2 heterocycles. The van der Waals surface area contributed by atoms with E-state index in [2.05, 4.69) is 25.4 Å². The Morgan fingerprint density at radius 3 is 2.42 bits per heavy atom. The molecule has 6 N–H and O–H groups in total. The van der Waals surface area contributed by atoms with Crippen LogP contribution in [-0.4, -0.2) is 73.4 Å². The van der Waals surface area contributed by atoms with Gasteiger partial charge in [0.05, 0.1) is 38.9 Å². The van der Waals surface area contributed by atoms with E-state index in [-0.39, 0.29) is 37.4 Å². The number of carboxylic acid groups (broad SMARTS) is 2. The van der Waals surface area contributed by atoms with Crippen LogP contribution in [0.2, 0.25) is 0 Å². The van der Waals surface area contributed by atoms with Crippen molar-refractivity contribution in [2.24, 2.45) is 5.92 Å². The van der Waals surface area contributed by atoms with Crippen molar-refractivity contribution >= 4 is 48.6 Å². The summed E-state index contributed by atoms with van der Waals surface area (Å²) in [6, 6.07) is 8.11. The second-order valence-corrected chi connectivity index (χ2v) is 12.2. The fourth-order valence-electron chi connectivity index (χ4n) is 4.36. The van der Waals surface area contributed by atoms with Gasteiger partial charge in [0, 0.05) is 12.0 Å². The number of nitrogens with one attached hydrogen (secondary N) is 2. The summed E-state index contributed by atoms with van der Waals surface area (Å²) < 4.78 is 31.8. The molecule has 0 spiro atoms.